The Morgan fingerprint density at radius 3 is 2.59 bits per heavy atom. The average Bonchev–Trinajstić information content (AvgIpc) is 2.77. The van der Waals surface area contributed by atoms with Gasteiger partial charge in [-0.1, -0.05) is 27.7 Å². The maximum atomic E-state index is 11.9. The quantitative estimate of drug-likeness (QED) is 0.699. The molecule has 94 valence electrons. The van der Waals surface area contributed by atoms with Crippen LogP contribution in [0.3, 0.4) is 0 Å². The molecule has 2 nitrogen and oxygen atoms in total. The van der Waals surface area contributed by atoms with Gasteiger partial charge >= 0.3 is 0 Å². The van der Waals surface area contributed by atoms with Crippen LogP contribution in [0.1, 0.15) is 40.5 Å². The third kappa shape index (κ3) is 1.17. The zero-order chi connectivity index (χ0) is 12.6. The largest absolute Gasteiger partial charge is 0.384 e. The molecule has 0 unspecified atom stereocenters. The maximum Gasteiger partial charge on any atom is 0.161 e. The molecule has 0 aromatic heterocycles. The van der Waals surface area contributed by atoms with E-state index in [1.54, 1.807) is 6.08 Å². The van der Waals surface area contributed by atoms with Crippen molar-refractivity contribution in [2.24, 2.45) is 29.1 Å². The van der Waals surface area contributed by atoms with Gasteiger partial charge in [-0.3, -0.25) is 4.79 Å². The van der Waals surface area contributed by atoms with Gasteiger partial charge in [0.15, 0.2) is 5.78 Å². The lowest BCUT2D eigenvalue weighted by molar-refractivity contribution is -0.123. The summed E-state index contributed by atoms with van der Waals surface area (Å²) in [6.45, 7) is 8.53. The summed E-state index contributed by atoms with van der Waals surface area (Å²) in [5.41, 5.74) is 0.377. The second kappa shape index (κ2) is 3.03. The Hall–Kier alpha value is -0.630. The van der Waals surface area contributed by atoms with Gasteiger partial charge in [0.2, 0.25) is 0 Å². The summed E-state index contributed by atoms with van der Waals surface area (Å²) in [7, 11) is 0. The molecule has 0 aromatic carbocycles. The lowest BCUT2D eigenvalue weighted by Gasteiger charge is -2.34. The van der Waals surface area contributed by atoms with E-state index in [0.717, 1.165) is 12.0 Å². The summed E-state index contributed by atoms with van der Waals surface area (Å²) < 4.78 is 0. The number of fused-ring (bicyclic) bond motifs is 3. The first-order valence-corrected chi connectivity index (χ1v) is 6.79. The van der Waals surface area contributed by atoms with Crippen molar-refractivity contribution in [1.82, 2.24) is 0 Å². The second-order valence-corrected chi connectivity index (χ2v) is 6.93. The number of ketones is 1. The Balaban J connectivity index is 2.10. The summed E-state index contributed by atoms with van der Waals surface area (Å²) in [5.74, 6) is 1.12. The van der Waals surface area contributed by atoms with E-state index >= 15 is 0 Å². The van der Waals surface area contributed by atoms with Gasteiger partial charge in [0.1, 0.15) is 0 Å². The van der Waals surface area contributed by atoms with Crippen LogP contribution >= 0.6 is 0 Å². The number of hydrogen-bond acceptors (Lipinski definition) is 2. The topological polar surface area (TPSA) is 37.3 Å². The zero-order valence-corrected chi connectivity index (χ0v) is 11.2. The molecule has 0 bridgehead atoms. The van der Waals surface area contributed by atoms with Crippen LogP contribution in [-0.4, -0.2) is 16.5 Å². The van der Waals surface area contributed by atoms with Gasteiger partial charge in [-0.05, 0) is 41.7 Å². The number of rotatable bonds is 0. The van der Waals surface area contributed by atoms with Gasteiger partial charge in [0, 0.05) is 5.92 Å². The van der Waals surface area contributed by atoms with Gasteiger partial charge < -0.3 is 5.11 Å². The van der Waals surface area contributed by atoms with E-state index < -0.39 is 5.60 Å². The molecule has 0 heterocycles. The first-order chi connectivity index (χ1) is 7.81. The molecule has 3 aliphatic carbocycles. The molecule has 3 rings (SSSR count). The monoisotopic (exact) mass is 234 g/mol. The number of aliphatic hydroxyl groups is 1. The number of carbonyl (C=O) groups excluding carboxylic acids is 1. The van der Waals surface area contributed by atoms with Crippen LogP contribution in [0.15, 0.2) is 11.6 Å². The molecule has 2 fully saturated rings. The van der Waals surface area contributed by atoms with E-state index in [9.17, 15) is 9.90 Å². The van der Waals surface area contributed by atoms with Crippen molar-refractivity contribution in [3.8, 4) is 0 Å². The SMILES string of the molecule is C[C@@H]1CC[C@@H]2[C@@H](C2(C)C)[C@]2(O)C1=CC(=O)[C@H]2C. The molecular weight excluding hydrogens is 212 g/mol. The average molecular weight is 234 g/mol. The standard InChI is InChI=1S/C15H22O2/c1-8-5-6-10-13(14(10,3)4)15(17)9(2)12(16)7-11(8)15/h7-10,13,17H,5-6H2,1-4H3/t8-,9-,10-,13+,15-/m1/s1. The van der Waals surface area contributed by atoms with E-state index in [1.807, 2.05) is 6.92 Å². The minimum Gasteiger partial charge on any atom is -0.384 e. The molecule has 0 radical (unpaired) electrons. The maximum absolute atomic E-state index is 11.9. The molecule has 3 aliphatic rings. The summed E-state index contributed by atoms with van der Waals surface area (Å²) in [4.78, 5) is 11.9. The molecule has 17 heavy (non-hydrogen) atoms. The summed E-state index contributed by atoms with van der Waals surface area (Å²) in [5, 5.41) is 11.2. The van der Waals surface area contributed by atoms with E-state index in [4.69, 9.17) is 0 Å². The van der Waals surface area contributed by atoms with Crippen LogP contribution in [0, 0.1) is 29.1 Å². The molecule has 5 atom stereocenters. The predicted molar refractivity (Wildman–Crippen MR) is 66.4 cm³/mol. The zero-order valence-electron chi connectivity index (χ0n) is 11.2. The molecule has 0 aliphatic heterocycles. The van der Waals surface area contributed by atoms with E-state index in [2.05, 4.69) is 20.8 Å². The van der Waals surface area contributed by atoms with Gasteiger partial charge in [-0.15, -0.1) is 0 Å². The van der Waals surface area contributed by atoms with Gasteiger partial charge in [0.25, 0.3) is 0 Å². The molecule has 0 amide bonds. The van der Waals surface area contributed by atoms with Crippen molar-refractivity contribution in [1.29, 1.82) is 0 Å². The third-order valence-corrected chi connectivity index (χ3v) is 5.81. The van der Waals surface area contributed by atoms with Crippen LogP contribution in [0.25, 0.3) is 0 Å². The highest BCUT2D eigenvalue weighted by atomic mass is 16.3. The second-order valence-electron chi connectivity index (χ2n) is 6.93. The highest BCUT2D eigenvalue weighted by Gasteiger charge is 2.71. The van der Waals surface area contributed by atoms with Gasteiger partial charge in [-0.2, -0.15) is 0 Å². The molecular formula is C15H22O2. The van der Waals surface area contributed by atoms with Crippen molar-refractivity contribution >= 4 is 5.78 Å². The van der Waals surface area contributed by atoms with Crippen molar-refractivity contribution in [3.05, 3.63) is 11.6 Å². The minimum absolute atomic E-state index is 0.123. The molecule has 0 spiro atoms. The van der Waals surface area contributed by atoms with E-state index in [0.29, 0.717) is 11.8 Å². The van der Waals surface area contributed by atoms with Gasteiger partial charge in [0.05, 0.1) is 11.5 Å². The summed E-state index contributed by atoms with van der Waals surface area (Å²) in [6.07, 6.45) is 4.05. The fraction of sp³-hybridized carbons (Fsp3) is 0.800. The number of hydrogen-bond donors (Lipinski definition) is 1. The Kier molecular flexibility index (Phi) is 2.04. The first-order valence-electron chi connectivity index (χ1n) is 6.79. The lowest BCUT2D eigenvalue weighted by Crippen LogP contribution is -2.42. The van der Waals surface area contributed by atoms with Gasteiger partial charge in [-0.25, -0.2) is 0 Å². The lowest BCUT2D eigenvalue weighted by atomic mass is 9.76. The van der Waals surface area contributed by atoms with E-state index in [1.165, 1.54) is 6.42 Å². The highest BCUT2D eigenvalue weighted by molar-refractivity contribution is 5.97. The minimum atomic E-state index is -0.846. The molecule has 2 saturated carbocycles. The first kappa shape index (κ1) is 11.5. The van der Waals surface area contributed by atoms with Crippen LogP contribution in [0.2, 0.25) is 0 Å². The normalized spacial score (nSPS) is 51.4. The molecule has 0 saturated heterocycles. The molecule has 0 aromatic rings. The van der Waals surface area contributed by atoms with Crippen molar-refractivity contribution in [2.45, 2.75) is 46.1 Å². The molecule has 2 heteroatoms. The van der Waals surface area contributed by atoms with Crippen LogP contribution in [-0.2, 0) is 4.79 Å². The number of allylic oxidation sites excluding steroid dienone is 1. The third-order valence-electron chi connectivity index (χ3n) is 5.81. The van der Waals surface area contributed by atoms with Crippen LogP contribution in [0.5, 0.6) is 0 Å². The van der Waals surface area contributed by atoms with E-state index in [-0.39, 0.29) is 23.0 Å². The Labute approximate surface area is 103 Å². The summed E-state index contributed by atoms with van der Waals surface area (Å²) >= 11 is 0. The molecule has 1 N–H and O–H groups in total. The Morgan fingerprint density at radius 2 is 1.94 bits per heavy atom. The smallest absolute Gasteiger partial charge is 0.161 e. The van der Waals surface area contributed by atoms with Crippen molar-refractivity contribution in [2.75, 3.05) is 0 Å². The fourth-order valence-corrected chi connectivity index (χ4v) is 4.59. The van der Waals surface area contributed by atoms with Crippen molar-refractivity contribution < 1.29 is 9.90 Å². The summed E-state index contributed by atoms with van der Waals surface area (Å²) in [6, 6.07) is 0. The van der Waals surface area contributed by atoms with Crippen molar-refractivity contribution in [3.63, 3.8) is 0 Å². The van der Waals surface area contributed by atoms with Crippen LogP contribution in [0.4, 0.5) is 0 Å². The Morgan fingerprint density at radius 1 is 1.29 bits per heavy atom. The fourth-order valence-electron chi connectivity index (χ4n) is 4.59. The number of carbonyl (C=O) groups is 1. The van der Waals surface area contributed by atoms with Crippen LogP contribution < -0.4 is 0 Å². The Bertz CT molecular complexity index is 421. The predicted octanol–water partition coefficient (Wildman–Crippen LogP) is 2.56. The highest BCUT2D eigenvalue weighted by Crippen LogP contribution is 2.70.